The summed E-state index contributed by atoms with van der Waals surface area (Å²) >= 11 is 0. The van der Waals surface area contributed by atoms with Crippen molar-refractivity contribution in [3.8, 4) is 5.75 Å². The number of nitrogens with two attached hydrogens (primary N) is 1. The van der Waals surface area contributed by atoms with Crippen LogP contribution >= 0.6 is 0 Å². The summed E-state index contributed by atoms with van der Waals surface area (Å²) < 4.78 is 5.18. The molecule has 0 aliphatic heterocycles. The van der Waals surface area contributed by atoms with E-state index in [2.05, 4.69) is 11.9 Å². The zero-order valence-corrected chi connectivity index (χ0v) is 10.8. The fraction of sp³-hybridized carbons (Fsp3) is 0.462. The van der Waals surface area contributed by atoms with Crippen LogP contribution in [0.15, 0.2) is 29.3 Å². The first-order chi connectivity index (χ1) is 8.17. The zero-order chi connectivity index (χ0) is 12.7. The Bertz CT molecular complexity index is 377. The lowest BCUT2D eigenvalue weighted by atomic mass is 10.2. The Morgan fingerprint density at radius 1 is 1.47 bits per heavy atom. The van der Waals surface area contributed by atoms with Crippen molar-refractivity contribution in [3.63, 3.8) is 0 Å². The van der Waals surface area contributed by atoms with E-state index in [0.717, 1.165) is 30.8 Å². The van der Waals surface area contributed by atoms with E-state index < -0.39 is 0 Å². The van der Waals surface area contributed by atoms with Gasteiger partial charge in [-0.15, -0.1) is 0 Å². The van der Waals surface area contributed by atoms with E-state index >= 15 is 0 Å². The van der Waals surface area contributed by atoms with Gasteiger partial charge in [0.05, 0.1) is 7.11 Å². The molecule has 17 heavy (non-hydrogen) atoms. The van der Waals surface area contributed by atoms with Gasteiger partial charge in [-0.1, -0.05) is 19.1 Å². The van der Waals surface area contributed by atoms with Crippen molar-refractivity contribution in [3.05, 3.63) is 29.8 Å². The fourth-order valence-corrected chi connectivity index (χ4v) is 1.47. The van der Waals surface area contributed by atoms with Crippen LogP contribution in [0.1, 0.15) is 18.9 Å². The Hall–Kier alpha value is -1.71. The van der Waals surface area contributed by atoms with Crippen LogP contribution in [0, 0.1) is 0 Å². The van der Waals surface area contributed by atoms with E-state index in [9.17, 15) is 0 Å². The van der Waals surface area contributed by atoms with Crippen molar-refractivity contribution in [1.82, 2.24) is 4.90 Å². The van der Waals surface area contributed by atoms with Gasteiger partial charge in [-0.3, -0.25) is 4.99 Å². The number of rotatable bonds is 5. The Morgan fingerprint density at radius 3 is 2.88 bits per heavy atom. The van der Waals surface area contributed by atoms with E-state index in [1.165, 1.54) is 0 Å². The topological polar surface area (TPSA) is 50.8 Å². The average Bonchev–Trinajstić information content (AvgIpc) is 2.36. The standard InChI is InChI=1S/C13H21N3O/c1-4-8-15-13(14)16(2)10-11-6-5-7-12(9-11)17-3/h5-7,9H,4,8,10H2,1-3H3,(H2,14,15). The van der Waals surface area contributed by atoms with Crippen LogP contribution in [-0.2, 0) is 6.54 Å². The SMILES string of the molecule is CCCN=C(N)N(C)Cc1cccc(OC)c1. The summed E-state index contributed by atoms with van der Waals surface area (Å²) in [5, 5.41) is 0. The van der Waals surface area contributed by atoms with E-state index in [0.29, 0.717) is 5.96 Å². The average molecular weight is 235 g/mol. The van der Waals surface area contributed by atoms with Crippen molar-refractivity contribution in [1.29, 1.82) is 0 Å². The van der Waals surface area contributed by atoms with Crippen LogP contribution in [0.2, 0.25) is 0 Å². The van der Waals surface area contributed by atoms with Gasteiger partial charge >= 0.3 is 0 Å². The molecule has 1 rings (SSSR count). The highest BCUT2D eigenvalue weighted by atomic mass is 16.5. The molecule has 2 N–H and O–H groups in total. The zero-order valence-electron chi connectivity index (χ0n) is 10.8. The number of hydrogen-bond acceptors (Lipinski definition) is 2. The molecule has 0 fully saturated rings. The maximum absolute atomic E-state index is 5.87. The molecule has 4 nitrogen and oxygen atoms in total. The summed E-state index contributed by atoms with van der Waals surface area (Å²) in [6.07, 6.45) is 1.01. The molecular weight excluding hydrogens is 214 g/mol. The molecule has 0 aromatic heterocycles. The molecular formula is C13H21N3O. The highest BCUT2D eigenvalue weighted by molar-refractivity contribution is 5.77. The number of aliphatic imine (C=N–C) groups is 1. The molecule has 1 aromatic carbocycles. The van der Waals surface area contributed by atoms with Crippen LogP contribution in [0.3, 0.4) is 0 Å². The summed E-state index contributed by atoms with van der Waals surface area (Å²) in [5.74, 6) is 1.44. The van der Waals surface area contributed by atoms with Crippen molar-refractivity contribution in [2.45, 2.75) is 19.9 Å². The summed E-state index contributed by atoms with van der Waals surface area (Å²) in [5.41, 5.74) is 7.02. The number of benzene rings is 1. The predicted molar refractivity (Wildman–Crippen MR) is 71.2 cm³/mol. The van der Waals surface area contributed by atoms with Gasteiger partial charge in [-0.2, -0.15) is 0 Å². The molecule has 0 spiro atoms. The third-order valence-electron chi connectivity index (χ3n) is 2.44. The maximum atomic E-state index is 5.87. The summed E-state index contributed by atoms with van der Waals surface area (Å²) in [7, 11) is 3.61. The lowest BCUT2D eigenvalue weighted by Gasteiger charge is -2.18. The minimum absolute atomic E-state index is 0.578. The van der Waals surface area contributed by atoms with Gasteiger partial charge in [0.1, 0.15) is 5.75 Å². The van der Waals surface area contributed by atoms with E-state index in [1.807, 2.05) is 36.2 Å². The molecule has 0 aliphatic carbocycles. The first-order valence-electron chi connectivity index (χ1n) is 5.81. The van der Waals surface area contributed by atoms with Crippen molar-refractivity contribution in [2.75, 3.05) is 20.7 Å². The summed E-state index contributed by atoms with van der Waals surface area (Å²) in [6.45, 7) is 3.59. The van der Waals surface area contributed by atoms with Gasteiger partial charge in [-0.25, -0.2) is 0 Å². The lowest BCUT2D eigenvalue weighted by Crippen LogP contribution is -2.33. The van der Waals surface area contributed by atoms with E-state index in [4.69, 9.17) is 10.5 Å². The lowest BCUT2D eigenvalue weighted by molar-refractivity contribution is 0.412. The minimum Gasteiger partial charge on any atom is -0.497 e. The number of methoxy groups -OCH3 is 1. The molecule has 0 aliphatic rings. The van der Waals surface area contributed by atoms with Crippen LogP contribution in [-0.4, -0.2) is 31.6 Å². The number of hydrogen-bond donors (Lipinski definition) is 1. The maximum Gasteiger partial charge on any atom is 0.191 e. The number of ether oxygens (including phenoxy) is 1. The molecule has 0 amide bonds. The van der Waals surface area contributed by atoms with Crippen LogP contribution < -0.4 is 10.5 Å². The van der Waals surface area contributed by atoms with Crippen LogP contribution in [0.5, 0.6) is 5.75 Å². The number of nitrogens with zero attached hydrogens (tertiary/aromatic N) is 2. The first-order valence-corrected chi connectivity index (χ1v) is 5.81. The normalized spacial score (nSPS) is 11.4. The summed E-state index contributed by atoms with van der Waals surface area (Å²) in [6, 6.07) is 7.95. The van der Waals surface area contributed by atoms with Gasteiger partial charge < -0.3 is 15.4 Å². The van der Waals surface area contributed by atoms with Crippen molar-refractivity contribution in [2.24, 2.45) is 10.7 Å². The van der Waals surface area contributed by atoms with Gasteiger partial charge in [0, 0.05) is 20.1 Å². The second-order valence-electron chi connectivity index (χ2n) is 3.95. The molecule has 0 atom stereocenters. The molecule has 4 heteroatoms. The van der Waals surface area contributed by atoms with E-state index in [1.54, 1.807) is 7.11 Å². The second kappa shape index (κ2) is 6.78. The third-order valence-corrected chi connectivity index (χ3v) is 2.44. The first kappa shape index (κ1) is 13.4. The van der Waals surface area contributed by atoms with Gasteiger partial charge in [0.15, 0.2) is 5.96 Å². The van der Waals surface area contributed by atoms with Crippen LogP contribution in [0.4, 0.5) is 0 Å². The smallest absolute Gasteiger partial charge is 0.191 e. The van der Waals surface area contributed by atoms with Crippen molar-refractivity contribution < 1.29 is 4.74 Å². The fourth-order valence-electron chi connectivity index (χ4n) is 1.47. The molecule has 0 radical (unpaired) electrons. The quantitative estimate of drug-likeness (QED) is 0.626. The Balaban J connectivity index is 2.63. The van der Waals surface area contributed by atoms with Crippen molar-refractivity contribution >= 4 is 5.96 Å². The molecule has 0 saturated heterocycles. The van der Waals surface area contributed by atoms with Gasteiger partial charge in [-0.05, 0) is 24.1 Å². The molecule has 0 heterocycles. The van der Waals surface area contributed by atoms with Crippen LogP contribution in [0.25, 0.3) is 0 Å². The number of guanidine groups is 1. The Morgan fingerprint density at radius 2 is 2.24 bits per heavy atom. The van der Waals surface area contributed by atoms with Gasteiger partial charge in [0.25, 0.3) is 0 Å². The molecule has 0 bridgehead atoms. The largest absolute Gasteiger partial charge is 0.497 e. The highest BCUT2D eigenvalue weighted by Gasteiger charge is 2.03. The monoisotopic (exact) mass is 235 g/mol. The molecule has 1 aromatic rings. The summed E-state index contributed by atoms with van der Waals surface area (Å²) in [4.78, 5) is 6.21. The van der Waals surface area contributed by atoms with Gasteiger partial charge in [0.2, 0.25) is 0 Å². The second-order valence-corrected chi connectivity index (χ2v) is 3.95. The minimum atomic E-state index is 0.578. The Labute approximate surface area is 103 Å². The molecule has 0 saturated carbocycles. The third kappa shape index (κ3) is 4.34. The molecule has 94 valence electrons. The molecule has 0 unspecified atom stereocenters. The Kier molecular flexibility index (Phi) is 5.33. The highest BCUT2D eigenvalue weighted by Crippen LogP contribution is 2.13. The van der Waals surface area contributed by atoms with E-state index in [-0.39, 0.29) is 0 Å². The predicted octanol–water partition coefficient (Wildman–Crippen LogP) is 1.85.